The molecule has 0 saturated carbocycles. The third kappa shape index (κ3) is 3.08. The number of hydrogen-bond acceptors (Lipinski definition) is 2. The van der Waals surface area contributed by atoms with Crippen molar-refractivity contribution in [2.24, 2.45) is 5.41 Å². The monoisotopic (exact) mass is 224 g/mol. The molecule has 1 N–H and O–H groups in total. The molecule has 3 heteroatoms. The fraction of sp³-hybridized carbons (Fsp3) is 0.769. The molecule has 1 heterocycles. The van der Waals surface area contributed by atoms with E-state index in [4.69, 9.17) is 0 Å². The van der Waals surface area contributed by atoms with Gasteiger partial charge >= 0.3 is 0 Å². The Balaban J connectivity index is 2.40. The van der Waals surface area contributed by atoms with Crippen LogP contribution in [0.4, 0.5) is 0 Å². The van der Waals surface area contributed by atoms with Crippen LogP contribution in [0.2, 0.25) is 0 Å². The summed E-state index contributed by atoms with van der Waals surface area (Å²) in [6, 6.07) is 0. The highest BCUT2D eigenvalue weighted by Gasteiger charge is 2.36. The summed E-state index contributed by atoms with van der Waals surface area (Å²) in [5.74, 6) is 0.227. The topological polar surface area (TPSA) is 32.3 Å². The SMILES string of the molecule is C=CCNCC(=O)N1CCC(CC)(CC)C1. The molecule has 0 aliphatic carbocycles. The lowest BCUT2D eigenvalue weighted by Gasteiger charge is -2.26. The molecule has 1 aliphatic rings. The van der Waals surface area contributed by atoms with Gasteiger partial charge in [0.1, 0.15) is 0 Å². The number of rotatable bonds is 6. The van der Waals surface area contributed by atoms with E-state index in [0.29, 0.717) is 18.5 Å². The summed E-state index contributed by atoms with van der Waals surface area (Å²) in [5.41, 5.74) is 0.383. The Morgan fingerprint density at radius 1 is 1.50 bits per heavy atom. The van der Waals surface area contributed by atoms with Crippen LogP contribution in [0, 0.1) is 5.41 Å². The van der Waals surface area contributed by atoms with E-state index in [-0.39, 0.29) is 5.91 Å². The van der Waals surface area contributed by atoms with Gasteiger partial charge in [-0.25, -0.2) is 0 Å². The Morgan fingerprint density at radius 2 is 2.19 bits per heavy atom. The van der Waals surface area contributed by atoms with E-state index < -0.39 is 0 Å². The molecule has 0 spiro atoms. The van der Waals surface area contributed by atoms with Crippen molar-refractivity contribution in [3.8, 4) is 0 Å². The maximum Gasteiger partial charge on any atom is 0.236 e. The summed E-state index contributed by atoms with van der Waals surface area (Å²) in [7, 11) is 0. The van der Waals surface area contributed by atoms with Crippen molar-refractivity contribution in [3.63, 3.8) is 0 Å². The summed E-state index contributed by atoms with van der Waals surface area (Å²) in [5, 5.41) is 3.07. The van der Waals surface area contributed by atoms with Crippen LogP contribution in [0.3, 0.4) is 0 Å². The van der Waals surface area contributed by atoms with Crippen LogP contribution in [0.5, 0.6) is 0 Å². The number of amides is 1. The molecule has 0 unspecified atom stereocenters. The minimum Gasteiger partial charge on any atom is -0.341 e. The number of nitrogens with zero attached hydrogens (tertiary/aromatic N) is 1. The Hall–Kier alpha value is -0.830. The first kappa shape index (κ1) is 13.2. The second-order valence-corrected chi connectivity index (χ2v) is 4.69. The highest BCUT2D eigenvalue weighted by molar-refractivity contribution is 5.78. The molecule has 0 aromatic carbocycles. The molecule has 1 fully saturated rings. The van der Waals surface area contributed by atoms with Gasteiger partial charge in [-0.3, -0.25) is 4.79 Å². The number of hydrogen-bond donors (Lipinski definition) is 1. The van der Waals surface area contributed by atoms with Gasteiger partial charge in [-0.1, -0.05) is 19.9 Å². The molecule has 1 aliphatic heterocycles. The first-order valence-electron chi connectivity index (χ1n) is 6.27. The summed E-state index contributed by atoms with van der Waals surface area (Å²) < 4.78 is 0. The summed E-state index contributed by atoms with van der Waals surface area (Å²) in [6.45, 7) is 11.1. The van der Waals surface area contributed by atoms with Crippen LogP contribution in [0.1, 0.15) is 33.1 Å². The summed E-state index contributed by atoms with van der Waals surface area (Å²) in [6.07, 6.45) is 5.29. The average molecular weight is 224 g/mol. The number of carbonyl (C=O) groups excluding carboxylic acids is 1. The molecule has 0 radical (unpaired) electrons. The molecular weight excluding hydrogens is 200 g/mol. The molecule has 0 aromatic rings. The molecule has 1 rings (SSSR count). The summed E-state index contributed by atoms with van der Waals surface area (Å²) >= 11 is 0. The maximum absolute atomic E-state index is 11.9. The fourth-order valence-corrected chi connectivity index (χ4v) is 2.37. The van der Waals surface area contributed by atoms with Crippen LogP contribution in [-0.2, 0) is 4.79 Å². The second kappa shape index (κ2) is 6.04. The van der Waals surface area contributed by atoms with E-state index >= 15 is 0 Å². The van der Waals surface area contributed by atoms with Gasteiger partial charge in [0.05, 0.1) is 6.54 Å². The average Bonchev–Trinajstić information content (AvgIpc) is 2.74. The quantitative estimate of drug-likeness (QED) is 0.551. The highest BCUT2D eigenvalue weighted by Crippen LogP contribution is 2.36. The largest absolute Gasteiger partial charge is 0.341 e. The van der Waals surface area contributed by atoms with Gasteiger partial charge in [-0.05, 0) is 24.7 Å². The van der Waals surface area contributed by atoms with E-state index in [1.807, 2.05) is 4.90 Å². The van der Waals surface area contributed by atoms with Crippen LogP contribution in [0.25, 0.3) is 0 Å². The van der Waals surface area contributed by atoms with Crippen molar-refractivity contribution in [3.05, 3.63) is 12.7 Å². The molecule has 0 aromatic heterocycles. The second-order valence-electron chi connectivity index (χ2n) is 4.69. The van der Waals surface area contributed by atoms with E-state index in [0.717, 1.165) is 19.5 Å². The Bertz CT molecular complexity index is 246. The van der Waals surface area contributed by atoms with Gasteiger partial charge in [0.25, 0.3) is 0 Å². The third-order valence-corrected chi connectivity index (χ3v) is 3.86. The highest BCUT2D eigenvalue weighted by atomic mass is 16.2. The van der Waals surface area contributed by atoms with Crippen molar-refractivity contribution < 1.29 is 4.79 Å². The smallest absolute Gasteiger partial charge is 0.236 e. The Labute approximate surface area is 98.9 Å². The molecular formula is C13H24N2O. The van der Waals surface area contributed by atoms with Gasteiger partial charge in [-0.2, -0.15) is 0 Å². The number of carbonyl (C=O) groups is 1. The lowest BCUT2D eigenvalue weighted by molar-refractivity contribution is -0.129. The molecule has 0 bridgehead atoms. The molecule has 0 atom stereocenters. The lowest BCUT2D eigenvalue weighted by Crippen LogP contribution is -2.38. The minimum absolute atomic E-state index is 0.227. The van der Waals surface area contributed by atoms with Gasteiger partial charge in [0.15, 0.2) is 0 Å². The maximum atomic E-state index is 11.9. The van der Waals surface area contributed by atoms with Crippen molar-refractivity contribution in [1.29, 1.82) is 0 Å². The minimum atomic E-state index is 0.227. The fourth-order valence-electron chi connectivity index (χ4n) is 2.37. The van der Waals surface area contributed by atoms with E-state index in [1.54, 1.807) is 6.08 Å². The van der Waals surface area contributed by atoms with Gasteiger partial charge in [-0.15, -0.1) is 6.58 Å². The van der Waals surface area contributed by atoms with Crippen LogP contribution in [-0.4, -0.2) is 37.0 Å². The van der Waals surface area contributed by atoms with Crippen LogP contribution < -0.4 is 5.32 Å². The lowest BCUT2D eigenvalue weighted by atomic mass is 9.82. The zero-order chi connectivity index (χ0) is 12.0. The van der Waals surface area contributed by atoms with Crippen molar-refractivity contribution in [2.75, 3.05) is 26.2 Å². The molecule has 92 valence electrons. The molecule has 16 heavy (non-hydrogen) atoms. The zero-order valence-corrected chi connectivity index (χ0v) is 10.6. The van der Waals surface area contributed by atoms with Gasteiger partial charge in [0.2, 0.25) is 5.91 Å². The first-order chi connectivity index (χ1) is 7.67. The summed E-state index contributed by atoms with van der Waals surface area (Å²) in [4.78, 5) is 13.9. The van der Waals surface area contributed by atoms with Crippen LogP contribution in [0.15, 0.2) is 12.7 Å². The predicted molar refractivity (Wildman–Crippen MR) is 67.3 cm³/mol. The first-order valence-corrected chi connectivity index (χ1v) is 6.27. The van der Waals surface area contributed by atoms with Gasteiger partial charge < -0.3 is 10.2 Å². The molecule has 3 nitrogen and oxygen atoms in total. The Kier molecular flexibility index (Phi) is 5.00. The van der Waals surface area contributed by atoms with E-state index in [2.05, 4.69) is 25.7 Å². The standard InChI is InChI=1S/C13H24N2O/c1-4-8-14-10-12(16)15-9-7-13(5-2,6-3)11-15/h4,14H,1,5-11H2,2-3H3. The van der Waals surface area contributed by atoms with Crippen molar-refractivity contribution in [2.45, 2.75) is 33.1 Å². The van der Waals surface area contributed by atoms with E-state index in [1.165, 1.54) is 12.8 Å². The van der Waals surface area contributed by atoms with Crippen molar-refractivity contribution in [1.82, 2.24) is 10.2 Å². The molecule has 1 amide bonds. The number of nitrogens with one attached hydrogen (secondary N) is 1. The van der Waals surface area contributed by atoms with Gasteiger partial charge in [0, 0.05) is 19.6 Å². The van der Waals surface area contributed by atoms with Crippen LogP contribution >= 0.6 is 0 Å². The third-order valence-electron chi connectivity index (χ3n) is 3.86. The van der Waals surface area contributed by atoms with E-state index in [9.17, 15) is 4.79 Å². The number of likely N-dealkylation sites (tertiary alicyclic amines) is 1. The predicted octanol–water partition coefficient (Wildman–Crippen LogP) is 1.80. The Morgan fingerprint density at radius 3 is 2.69 bits per heavy atom. The van der Waals surface area contributed by atoms with Crippen molar-refractivity contribution >= 4 is 5.91 Å². The zero-order valence-electron chi connectivity index (χ0n) is 10.6. The molecule has 1 saturated heterocycles. The normalized spacial score (nSPS) is 18.8.